The second-order valence-electron chi connectivity index (χ2n) is 5.14. The molecule has 0 fully saturated rings. The normalized spacial score (nSPS) is 15.2. The molecule has 98 valence electrons. The first-order valence-corrected chi connectivity index (χ1v) is 6.24. The lowest BCUT2D eigenvalue weighted by molar-refractivity contribution is 0.123. The van der Waals surface area contributed by atoms with Gasteiger partial charge in [0.1, 0.15) is 12.2 Å². The molecule has 0 aromatic carbocycles. The van der Waals surface area contributed by atoms with E-state index in [0.29, 0.717) is 18.9 Å². The summed E-state index contributed by atoms with van der Waals surface area (Å²) < 4.78 is 1.92. The van der Waals surface area contributed by atoms with Crippen molar-refractivity contribution in [3.63, 3.8) is 0 Å². The molecule has 1 heterocycles. The maximum Gasteiger partial charge on any atom is 0.138 e. The van der Waals surface area contributed by atoms with Crippen LogP contribution < -0.4 is 5.73 Å². The number of hydrogen-bond acceptors (Lipinski definition) is 4. The lowest BCUT2D eigenvalue weighted by Gasteiger charge is -2.28. The number of aromatic nitrogens is 3. The Labute approximate surface area is 103 Å². The van der Waals surface area contributed by atoms with Crippen molar-refractivity contribution >= 4 is 0 Å². The monoisotopic (exact) mass is 240 g/mol. The number of aliphatic hydroxyl groups excluding tert-OH is 1. The van der Waals surface area contributed by atoms with E-state index in [-0.39, 0.29) is 12.0 Å². The van der Waals surface area contributed by atoms with E-state index in [2.05, 4.69) is 23.9 Å². The van der Waals surface area contributed by atoms with Gasteiger partial charge in [0.15, 0.2) is 0 Å². The fraction of sp³-hybridized carbons (Fsp3) is 0.833. The first-order valence-electron chi connectivity index (χ1n) is 6.24. The van der Waals surface area contributed by atoms with Crippen molar-refractivity contribution in [1.82, 2.24) is 14.8 Å². The van der Waals surface area contributed by atoms with Crippen LogP contribution in [0.4, 0.5) is 0 Å². The Morgan fingerprint density at radius 3 is 2.71 bits per heavy atom. The van der Waals surface area contributed by atoms with Crippen LogP contribution in [0.2, 0.25) is 0 Å². The Morgan fingerprint density at radius 2 is 2.24 bits per heavy atom. The molecule has 0 bridgehead atoms. The van der Waals surface area contributed by atoms with Gasteiger partial charge in [-0.05, 0) is 12.3 Å². The molecule has 1 aromatic rings. The third-order valence-electron chi connectivity index (χ3n) is 3.29. The molecule has 5 heteroatoms. The van der Waals surface area contributed by atoms with Gasteiger partial charge in [0.05, 0.1) is 6.61 Å². The van der Waals surface area contributed by atoms with E-state index in [0.717, 1.165) is 18.8 Å². The lowest BCUT2D eigenvalue weighted by Crippen LogP contribution is -2.37. The predicted molar refractivity (Wildman–Crippen MR) is 67.4 cm³/mol. The molecule has 0 aliphatic rings. The Kier molecular flexibility index (Phi) is 5.08. The molecule has 0 saturated carbocycles. The molecule has 17 heavy (non-hydrogen) atoms. The van der Waals surface area contributed by atoms with E-state index in [1.807, 2.05) is 11.6 Å². The van der Waals surface area contributed by atoms with Crippen molar-refractivity contribution in [2.45, 2.75) is 40.2 Å². The zero-order valence-corrected chi connectivity index (χ0v) is 11.1. The SMILES string of the molecule is CCC(CN)(CO)Cc1ncnn1CC(C)C. The van der Waals surface area contributed by atoms with Gasteiger partial charge in [0.2, 0.25) is 0 Å². The number of rotatable bonds is 7. The van der Waals surface area contributed by atoms with Crippen LogP contribution in [-0.4, -0.2) is 33.0 Å². The molecule has 0 aliphatic heterocycles. The molecule has 5 nitrogen and oxygen atoms in total. The van der Waals surface area contributed by atoms with Crippen LogP contribution in [0.25, 0.3) is 0 Å². The highest BCUT2D eigenvalue weighted by Gasteiger charge is 2.28. The quantitative estimate of drug-likeness (QED) is 0.740. The smallest absolute Gasteiger partial charge is 0.138 e. The highest BCUT2D eigenvalue weighted by Crippen LogP contribution is 2.24. The van der Waals surface area contributed by atoms with E-state index in [9.17, 15) is 5.11 Å². The van der Waals surface area contributed by atoms with Crippen LogP contribution in [0.15, 0.2) is 6.33 Å². The van der Waals surface area contributed by atoms with Crippen LogP contribution in [0.3, 0.4) is 0 Å². The van der Waals surface area contributed by atoms with Crippen molar-refractivity contribution in [2.75, 3.05) is 13.2 Å². The molecule has 0 amide bonds. The van der Waals surface area contributed by atoms with E-state index >= 15 is 0 Å². The zero-order chi connectivity index (χ0) is 12.9. The summed E-state index contributed by atoms with van der Waals surface area (Å²) in [5.74, 6) is 1.44. The summed E-state index contributed by atoms with van der Waals surface area (Å²) in [5, 5.41) is 13.7. The maximum atomic E-state index is 9.51. The van der Waals surface area contributed by atoms with Gasteiger partial charge in [-0.2, -0.15) is 5.10 Å². The van der Waals surface area contributed by atoms with Gasteiger partial charge in [0.25, 0.3) is 0 Å². The van der Waals surface area contributed by atoms with Crippen molar-refractivity contribution < 1.29 is 5.11 Å². The molecule has 1 unspecified atom stereocenters. The summed E-state index contributed by atoms with van der Waals surface area (Å²) in [7, 11) is 0. The maximum absolute atomic E-state index is 9.51. The van der Waals surface area contributed by atoms with Gasteiger partial charge in [-0.1, -0.05) is 20.8 Å². The van der Waals surface area contributed by atoms with Gasteiger partial charge in [-0.15, -0.1) is 0 Å². The minimum Gasteiger partial charge on any atom is -0.396 e. The Bertz CT molecular complexity index is 323. The van der Waals surface area contributed by atoms with Crippen molar-refractivity contribution in [3.8, 4) is 0 Å². The average Bonchev–Trinajstić information content (AvgIpc) is 2.72. The molecule has 1 rings (SSSR count). The van der Waals surface area contributed by atoms with Crippen LogP contribution in [0.1, 0.15) is 33.0 Å². The fourth-order valence-corrected chi connectivity index (χ4v) is 1.83. The molecule has 3 N–H and O–H groups in total. The highest BCUT2D eigenvalue weighted by molar-refractivity contribution is 4.94. The Balaban J connectivity index is 2.82. The molecule has 0 aliphatic carbocycles. The first-order chi connectivity index (χ1) is 8.06. The fourth-order valence-electron chi connectivity index (χ4n) is 1.83. The third-order valence-corrected chi connectivity index (χ3v) is 3.29. The average molecular weight is 240 g/mol. The first kappa shape index (κ1) is 14.1. The van der Waals surface area contributed by atoms with Crippen LogP contribution in [0, 0.1) is 11.3 Å². The standard InChI is InChI=1S/C12H24N4O/c1-4-12(7-13,8-17)5-11-14-9-15-16(11)6-10(2)3/h9-10,17H,4-8,13H2,1-3H3. The van der Waals surface area contributed by atoms with E-state index in [1.54, 1.807) is 6.33 Å². The second-order valence-corrected chi connectivity index (χ2v) is 5.14. The summed E-state index contributed by atoms with van der Waals surface area (Å²) in [6, 6.07) is 0. The lowest BCUT2D eigenvalue weighted by atomic mass is 9.82. The summed E-state index contributed by atoms with van der Waals surface area (Å²) in [6.45, 7) is 7.75. The minimum absolute atomic E-state index is 0.0918. The van der Waals surface area contributed by atoms with Gasteiger partial charge in [-0.3, -0.25) is 0 Å². The van der Waals surface area contributed by atoms with Gasteiger partial charge >= 0.3 is 0 Å². The summed E-state index contributed by atoms with van der Waals surface area (Å²) in [5.41, 5.74) is 5.52. The largest absolute Gasteiger partial charge is 0.396 e. The Morgan fingerprint density at radius 1 is 1.53 bits per heavy atom. The van der Waals surface area contributed by atoms with Crippen LogP contribution in [-0.2, 0) is 13.0 Å². The van der Waals surface area contributed by atoms with Crippen LogP contribution >= 0.6 is 0 Å². The summed E-state index contributed by atoms with van der Waals surface area (Å²) >= 11 is 0. The van der Waals surface area contributed by atoms with Crippen molar-refractivity contribution in [3.05, 3.63) is 12.2 Å². The van der Waals surface area contributed by atoms with Gasteiger partial charge in [-0.25, -0.2) is 9.67 Å². The predicted octanol–water partition coefficient (Wildman–Crippen LogP) is 0.824. The summed E-state index contributed by atoms with van der Waals surface area (Å²) in [4.78, 5) is 4.28. The molecular formula is C12H24N4O. The van der Waals surface area contributed by atoms with E-state index in [4.69, 9.17) is 5.73 Å². The minimum atomic E-state index is -0.262. The summed E-state index contributed by atoms with van der Waals surface area (Å²) in [6.07, 6.45) is 3.10. The molecular weight excluding hydrogens is 216 g/mol. The van der Waals surface area contributed by atoms with Crippen molar-refractivity contribution in [2.24, 2.45) is 17.1 Å². The molecule has 0 spiro atoms. The van der Waals surface area contributed by atoms with Gasteiger partial charge < -0.3 is 10.8 Å². The second kappa shape index (κ2) is 6.12. The van der Waals surface area contributed by atoms with Gasteiger partial charge in [0, 0.05) is 24.9 Å². The Hall–Kier alpha value is -0.940. The third kappa shape index (κ3) is 3.51. The van der Waals surface area contributed by atoms with E-state index < -0.39 is 0 Å². The number of nitrogens with zero attached hydrogens (tertiary/aromatic N) is 3. The topological polar surface area (TPSA) is 77.0 Å². The van der Waals surface area contributed by atoms with Crippen LogP contribution in [0.5, 0.6) is 0 Å². The molecule has 1 atom stereocenters. The molecule has 0 radical (unpaired) electrons. The number of aliphatic hydroxyl groups is 1. The van der Waals surface area contributed by atoms with Crippen molar-refractivity contribution in [1.29, 1.82) is 0 Å². The number of nitrogens with two attached hydrogens (primary N) is 1. The molecule has 1 aromatic heterocycles. The molecule has 0 saturated heterocycles. The number of hydrogen-bond donors (Lipinski definition) is 2. The zero-order valence-electron chi connectivity index (χ0n) is 11.1. The highest BCUT2D eigenvalue weighted by atomic mass is 16.3. The van der Waals surface area contributed by atoms with E-state index in [1.165, 1.54) is 0 Å².